The molecule has 0 bridgehead atoms. The minimum Gasteiger partial charge on any atom is -0.381 e. The third kappa shape index (κ3) is 2.05. The summed E-state index contributed by atoms with van der Waals surface area (Å²) < 4.78 is 5.31. The quantitative estimate of drug-likeness (QED) is 0.789. The van der Waals surface area contributed by atoms with Gasteiger partial charge in [0.05, 0.1) is 12.2 Å². The molecule has 1 aliphatic rings. The van der Waals surface area contributed by atoms with E-state index in [-0.39, 0.29) is 23.5 Å². The van der Waals surface area contributed by atoms with Gasteiger partial charge in [-0.25, -0.2) is 0 Å². The minimum atomic E-state index is -0.964. The van der Waals surface area contributed by atoms with Crippen molar-refractivity contribution in [3.8, 4) is 6.07 Å². The Bertz CT molecular complexity index is 328. The summed E-state index contributed by atoms with van der Waals surface area (Å²) in [5.74, 6) is -0.206. The fraction of sp³-hybridized carbons (Fsp3) is 0.833. The molecule has 4 heteroatoms. The Morgan fingerprint density at radius 1 is 1.56 bits per heavy atom. The van der Waals surface area contributed by atoms with Crippen LogP contribution in [0.2, 0.25) is 0 Å². The second kappa shape index (κ2) is 4.06. The Morgan fingerprint density at radius 2 is 2.12 bits per heavy atom. The van der Waals surface area contributed by atoms with Crippen LogP contribution in [0, 0.1) is 22.2 Å². The van der Waals surface area contributed by atoms with E-state index in [0.29, 0.717) is 0 Å². The van der Waals surface area contributed by atoms with Crippen molar-refractivity contribution >= 4 is 5.91 Å². The van der Waals surface area contributed by atoms with E-state index >= 15 is 0 Å². The number of amides is 1. The third-order valence-corrected chi connectivity index (χ3v) is 3.61. The number of carbonyl (C=O) groups is 1. The zero-order chi connectivity index (χ0) is 12.6. The Labute approximate surface area is 97.0 Å². The topological polar surface area (TPSA) is 62.1 Å². The molecule has 0 aromatic rings. The van der Waals surface area contributed by atoms with Crippen LogP contribution in [-0.2, 0) is 9.53 Å². The van der Waals surface area contributed by atoms with E-state index < -0.39 is 5.41 Å². The van der Waals surface area contributed by atoms with Gasteiger partial charge in [0.25, 0.3) is 0 Å². The van der Waals surface area contributed by atoms with Crippen LogP contribution in [0.25, 0.3) is 0 Å². The first-order valence-corrected chi connectivity index (χ1v) is 5.50. The fourth-order valence-electron chi connectivity index (χ4n) is 1.92. The molecule has 2 atom stereocenters. The second-order valence-corrected chi connectivity index (χ2v) is 5.54. The van der Waals surface area contributed by atoms with E-state index in [9.17, 15) is 4.79 Å². The van der Waals surface area contributed by atoms with Gasteiger partial charge in [-0.3, -0.25) is 4.79 Å². The summed E-state index contributed by atoms with van der Waals surface area (Å²) in [6.45, 7) is 7.38. The Hall–Kier alpha value is -1.08. The third-order valence-electron chi connectivity index (χ3n) is 3.61. The summed E-state index contributed by atoms with van der Waals surface area (Å²) in [4.78, 5) is 11.8. The molecule has 2 unspecified atom stereocenters. The fourth-order valence-corrected chi connectivity index (χ4v) is 1.92. The predicted octanol–water partition coefficient (Wildman–Crippen LogP) is 1.47. The standard InChI is InChI=1S/C12H20N2O2/c1-11(2,7-13)10(15)14-8-6-9(16-5)12(8,3)4/h8-9H,6H2,1-5H3,(H,14,15). The van der Waals surface area contributed by atoms with Gasteiger partial charge in [0.2, 0.25) is 5.91 Å². The predicted molar refractivity (Wildman–Crippen MR) is 60.5 cm³/mol. The molecule has 0 radical (unpaired) electrons. The van der Waals surface area contributed by atoms with Gasteiger partial charge >= 0.3 is 0 Å². The molecule has 0 aromatic carbocycles. The van der Waals surface area contributed by atoms with Gasteiger partial charge in [-0.05, 0) is 20.3 Å². The van der Waals surface area contributed by atoms with Crippen LogP contribution in [0.5, 0.6) is 0 Å². The van der Waals surface area contributed by atoms with Crippen LogP contribution in [0.3, 0.4) is 0 Å². The summed E-state index contributed by atoms with van der Waals surface area (Å²) in [7, 11) is 1.68. The average molecular weight is 224 g/mol. The number of ether oxygens (including phenoxy) is 1. The number of carbonyl (C=O) groups excluding carboxylic acids is 1. The normalized spacial score (nSPS) is 27.8. The molecule has 1 amide bonds. The molecular weight excluding hydrogens is 204 g/mol. The van der Waals surface area contributed by atoms with Gasteiger partial charge in [0.15, 0.2) is 0 Å². The molecule has 1 N–H and O–H groups in total. The van der Waals surface area contributed by atoms with Crippen molar-refractivity contribution in [1.29, 1.82) is 5.26 Å². The lowest BCUT2D eigenvalue weighted by Crippen LogP contribution is -2.63. The molecule has 0 spiro atoms. The molecular formula is C12H20N2O2. The molecule has 1 aliphatic carbocycles. The lowest BCUT2D eigenvalue weighted by molar-refractivity contribution is -0.137. The number of rotatable bonds is 3. The first kappa shape index (κ1) is 13.0. The zero-order valence-corrected chi connectivity index (χ0v) is 10.6. The monoisotopic (exact) mass is 224 g/mol. The van der Waals surface area contributed by atoms with E-state index in [4.69, 9.17) is 10.00 Å². The molecule has 1 rings (SSSR count). The highest BCUT2D eigenvalue weighted by atomic mass is 16.5. The minimum absolute atomic E-state index is 0.0596. The Morgan fingerprint density at radius 3 is 2.50 bits per heavy atom. The average Bonchev–Trinajstić information content (AvgIpc) is 2.22. The van der Waals surface area contributed by atoms with Crippen molar-refractivity contribution in [2.45, 2.75) is 46.3 Å². The lowest BCUT2D eigenvalue weighted by atomic mass is 9.64. The molecule has 16 heavy (non-hydrogen) atoms. The van der Waals surface area contributed by atoms with Crippen molar-refractivity contribution in [1.82, 2.24) is 5.32 Å². The van der Waals surface area contributed by atoms with E-state index in [1.54, 1.807) is 21.0 Å². The number of hydrogen-bond donors (Lipinski definition) is 1. The maximum absolute atomic E-state index is 11.8. The van der Waals surface area contributed by atoms with Crippen molar-refractivity contribution in [3.05, 3.63) is 0 Å². The van der Waals surface area contributed by atoms with Gasteiger partial charge in [-0.1, -0.05) is 13.8 Å². The van der Waals surface area contributed by atoms with Gasteiger partial charge in [0.1, 0.15) is 5.41 Å². The van der Waals surface area contributed by atoms with Crippen molar-refractivity contribution in [3.63, 3.8) is 0 Å². The summed E-state index contributed by atoms with van der Waals surface area (Å²) >= 11 is 0. The number of nitrogens with zero attached hydrogens (tertiary/aromatic N) is 1. The van der Waals surface area contributed by atoms with E-state index in [2.05, 4.69) is 19.2 Å². The Kier molecular flexibility index (Phi) is 3.30. The highest BCUT2D eigenvalue weighted by Crippen LogP contribution is 2.42. The number of methoxy groups -OCH3 is 1. The smallest absolute Gasteiger partial charge is 0.240 e. The maximum atomic E-state index is 11.8. The number of nitrogens with one attached hydrogen (secondary N) is 1. The second-order valence-electron chi connectivity index (χ2n) is 5.54. The van der Waals surface area contributed by atoms with Crippen LogP contribution in [-0.4, -0.2) is 25.2 Å². The van der Waals surface area contributed by atoms with Crippen LogP contribution < -0.4 is 5.32 Å². The van der Waals surface area contributed by atoms with Gasteiger partial charge in [0, 0.05) is 18.6 Å². The van der Waals surface area contributed by atoms with Crippen LogP contribution in [0.1, 0.15) is 34.1 Å². The van der Waals surface area contributed by atoms with Crippen LogP contribution >= 0.6 is 0 Å². The van der Waals surface area contributed by atoms with E-state index in [1.807, 2.05) is 6.07 Å². The Balaban J connectivity index is 2.60. The first-order chi connectivity index (χ1) is 7.25. The van der Waals surface area contributed by atoms with Crippen molar-refractivity contribution in [2.75, 3.05) is 7.11 Å². The van der Waals surface area contributed by atoms with Gasteiger partial charge in [-0.2, -0.15) is 5.26 Å². The van der Waals surface area contributed by atoms with Crippen LogP contribution in [0.4, 0.5) is 0 Å². The summed E-state index contributed by atoms with van der Waals surface area (Å²) in [6, 6.07) is 2.10. The molecule has 1 saturated carbocycles. The first-order valence-electron chi connectivity index (χ1n) is 5.50. The molecule has 4 nitrogen and oxygen atoms in total. The number of hydrogen-bond acceptors (Lipinski definition) is 3. The molecule has 0 heterocycles. The summed E-state index contributed by atoms with van der Waals surface area (Å²) in [6.07, 6.45) is 1.000. The van der Waals surface area contributed by atoms with Crippen molar-refractivity contribution in [2.24, 2.45) is 10.8 Å². The lowest BCUT2D eigenvalue weighted by Gasteiger charge is -2.51. The molecule has 1 fully saturated rings. The SMILES string of the molecule is COC1CC(NC(=O)C(C)(C)C#N)C1(C)C. The van der Waals surface area contributed by atoms with Gasteiger partial charge < -0.3 is 10.1 Å². The van der Waals surface area contributed by atoms with E-state index in [0.717, 1.165) is 6.42 Å². The van der Waals surface area contributed by atoms with E-state index in [1.165, 1.54) is 0 Å². The van der Waals surface area contributed by atoms with Gasteiger partial charge in [-0.15, -0.1) is 0 Å². The molecule has 0 saturated heterocycles. The van der Waals surface area contributed by atoms with Crippen LogP contribution in [0.15, 0.2) is 0 Å². The number of nitriles is 1. The molecule has 90 valence electrons. The van der Waals surface area contributed by atoms with Crippen molar-refractivity contribution < 1.29 is 9.53 Å². The zero-order valence-electron chi connectivity index (χ0n) is 10.6. The largest absolute Gasteiger partial charge is 0.381 e. The highest BCUT2D eigenvalue weighted by Gasteiger charge is 2.50. The molecule has 0 aliphatic heterocycles. The highest BCUT2D eigenvalue weighted by molar-refractivity contribution is 5.84. The summed E-state index contributed by atoms with van der Waals surface area (Å²) in [5.41, 5.74) is -1.02. The molecule has 0 aromatic heterocycles. The summed E-state index contributed by atoms with van der Waals surface area (Å²) in [5, 5.41) is 11.8. The maximum Gasteiger partial charge on any atom is 0.240 e.